The summed E-state index contributed by atoms with van der Waals surface area (Å²) >= 11 is 0. The first kappa shape index (κ1) is 18.7. The van der Waals surface area contributed by atoms with Crippen molar-refractivity contribution in [1.82, 2.24) is 4.90 Å². The summed E-state index contributed by atoms with van der Waals surface area (Å²) in [5.74, 6) is -0.166. The maximum atomic E-state index is 12.5. The number of nitrogens with zero attached hydrogens (tertiary/aromatic N) is 2. The molecule has 2 aromatic rings. The third kappa shape index (κ3) is 5.72. The Morgan fingerprint density at radius 3 is 2.20 bits per heavy atom. The van der Waals surface area contributed by atoms with Gasteiger partial charge in [-0.2, -0.15) is 0 Å². The Balaban J connectivity index is 1.87. The molecule has 132 valence electrons. The topological polar surface area (TPSA) is 52.7 Å². The smallest absolute Gasteiger partial charge is 0.241 e. The van der Waals surface area contributed by atoms with E-state index in [2.05, 4.69) is 5.32 Å². The van der Waals surface area contributed by atoms with Crippen LogP contribution in [0.5, 0.6) is 0 Å². The highest BCUT2D eigenvalue weighted by atomic mass is 16.2. The van der Waals surface area contributed by atoms with Gasteiger partial charge in [0.15, 0.2) is 0 Å². The minimum Gasteiger partial charge on any atom is -0.325 e. The van der Waals surface area contributed by atoms with Crippen molar-refractivity contribution in [3.8, 4) is 0 Å². The number of nitrogens with one attached hydrogen (secondary N) is 1. The first-order valence-corrected chi connectivity index (χ1v) is 8.40. The van der Waals surface area contributed by atoms with E-state index in [-0.39, 0.29) is 24.9 Å². The van der Waals surface area contributed by atoms with Crippen LogP contribution in [0, 0.1) is 6.92 Å². The first-order chi connectivity index (χ1) is 12.0. The number of hydrogen-bond donors (Lipinski definition) is 1. The van der Waals surface area contributed by atoms with Gasteiger partial charge in [0.05, 0.1) is 13.1 Å². The largest absolute Gasteiger partial charge is 0.325 e. The standard InChI is InChI=1S/C20H25N3O2/c1-4-23(18-8-6-5-7-9-18)20(25)15-22(3)14-19(24)21-17-12-10-16(2)11-13-17/h5-13H,4,14-15H2,1-3H3,(H,21,24). The van der Waals surface area contributed by atoms with Gasteiger partial charge in [-0.3, -0.25) is 14.5 Å². The second-order valence-corrected chi connectivity index (χ2v) is 6.06. The predicted octanol–water partition coefficient (Wildman–Crippen LogP) is 2.92. The fourth-order valence-corrected chi connectivity index (χ4v) is 2.57. The average Bonchev–Trinajstić information content (AvgIpc) is 2.58. The summed E-state index contributed by atoms with van der Waals surface area (Å²) < 4.78 is 0. The van der Waals surface area contributed by atoms with Gasteiger partial charge in [0.2, 0.25) is 11.8 Å². The molecule has 2 aromatic carbocycles. The number of rotatable bonds is 7. The zero-order valence-corrected chi connectivity index (χ0v) is 15.0. The van der Waals surface area contributed by atoms with Gasteiger partial charge in [-0.1, -0.05) is 35.9 Å². The summed E-state index contributed by atoms with van der Waals surface area (Å²) in [6.45, 7) is 4.87. The van der Waals surface area contributed by atoms with Crippen LogP contribution in [-0.4, -0.2) is 43.4 Å². The Kier molecular flexibility index (Phi) is 6.71. The first-order valence-electron chi connectivity index (χ1n) is 8.40. The van der Waals surface area contributed by atoms with Crippen LogP contribution in [0.4, 0.5) is 11.4 Å². The number of benzene rings is 2. The van der Waals surface area contributed by atoms with E-state index in [1.807, 2.05) is 68.4 Å². The molecule has 0 aliphatic rings. The number of likely N-dealkylation sites (N-methyl/N-ethyl adjacent to an activating group) is 2. The molecule has 0 aromatic heterocycles. The lowest BCUT2D eigenvalue weighted by atomic mass is 10.2. The van der Waals surface area contributed by atoms with E-state index < -0.39 is 0 Å². The van der Waals surface area contributed by atoms with Crippen molar-refractivity contribution in [1.29, 1.82) is 0 Å². The number of para-hydroxylation sites is 1. The van der Waals surface area contributed by atoms with Crippen molar-refractivity contribution < 1.29 is 9.59 Å². The van der Waals surface area contributed by atoms with Crippen molar-refractivity contribution in [2.75, 3.05) is 36.9 Å². The molecule has 5 heteroatoms. The van der Waals surface area contributed by atoms with Crippen LogP contribution in [0.2, 0.25) is 0 Å². The molecule has 2 amide bonds. The Labute approximate surface area is 149 Å². The number of carbonyl (C=O) groups excluding carboxylic acids is 2. The number of carbonyl (C=O) groups is 2. The molecule has 0 atom stereocenters. The fraction of sp³-hybridized carbons (Fsp3) is 0.300. The van der Waals surface area contributed by atoms with Crippen LogP contribution >= 0.6 is 0 Å². The highest BCUT2D eigenvalue weighted by Gasteiger charge is 2.17. The minimum atomic E-state index is -0.137. The van der Waals surface area contributed by atoms with E-state index in [0.717, 1.165) is 16.9 Å². The molecule has 0 aliphatic carbocycles. The Hall–Kier alpha value is -2.66. The Morgan fingerprint density at radius 2 is 1.60 bits per heavy atom. The van der Waals surface area contributed by atoms with Crippen LogP contribution in [-0.2, 0) is 9.59 Å². The van der Waals surface area contributed by atoms with Crippen molar-refractivity contribution in [2.45, 2.75) is 13.8 Å². The van der Waals surface area contributed by atoms with Crippen LogP contribution in [0.1, 0.15) is 12.5 Å². The zero-order chi connectivity index (χ0) is 18.2. The average molecular weight is 339 g/mol. The van der Waals surface area contributed by atoms with Crippen molar-refractivity contribution in [2.24, 2.45) is 0 Å². The highest BCUT2D eigenvalue weighted by molar-refractivity contribution is 5.96. The number of aryl methyl sites for hydroxylation is 1. The molecule has 0 aliphatic heterocycles. The zero-order valence-electron chi connectivity index (χ0n) is 15.0. The SMILES string of the molecule is CCN(C(=O)CN(C)CC(=O)Nc1ccc(C)cc1)c1ccccc1. The molecule has 1 N–H and O–H groups in total. The third-order valence-electron chi connectivity index (χ3n) is 3.84. The third-order valence-corrected chi connectivity index (χ3v) is 3.84. The monoisotopic (exact) mass is 339 g/mol. The van der Waals surface area contributed by atoms with Gasteiger partial charge >= 0.3 is 0 Å². The van der Waals surface area contributed by atoms with Gasteiger partial charge in [-0.25, -0.2) is 0 Å². The van der Waals surface area contributed by atoms with Gasteiger partial charge in [0.1, 0.15) is 0 Å². The molecular formula is C20H25N3O2. The quantitative estimate of drug-likeness (QED) is 0.844. The normalized spacial score (nSPS) is 10.6. The van der Waals surface area contributed by atoms with E-state index in [4.69, 9.17) is 0 Å². The van der Waals surface area contributed by atoms with Gasteiger partial charge in [-0.15, -0.1) is 0 Å². The molecule has 0 heterocycles. The minimum absolute atomic E-state index is 0.0284. The molecule has 5 nitrogen and oxygen atoms in total. The lowest BCUT2D eigenvalue weighted by Crippen LogP contribution is -2.41. The summed E-state index contributed by atoms with van der Waals surface area (Å²) in [4.78, 5) is 28.1. The maximum Gasteiger partial charge on any atom is 0.241 e. The number of hydrogen-bond acceptors (Lipinski definition) is 3. The Morgan fingerprint density at radius 1 is 0.960 bits per heavy atom. The van der Waals surface area contributed by atoms with E-state index in [9.17, 15) is 9.59 Å². The summed E-state index contributed by atoms with van der Waals surface area (Å²) in [5.41, 5.74) is 2.77. The molecule has 25 heavy (non-hydrogen) atoms. The van der Waals surface area contributed by atoms with Crippen LogP contribution < -0.4 is 10.2 Å². The summed E-state index contributed by atoms with van der Waals surface area (Å²) in [6, 6.07) is 17.2. The maximum absolute atomic E-state index is 12.5. The van der Waals surface area contributed by atoms with Gasteiger partial charge < -0.3 is 10.2 Å². The molecule has 0 spiro atoms. The van der Waals surface area contributed by atoms with Crippen LogP contribution in [0.25, 0.3) is 0 Å². The second kappa shape index (κ2) is 8.99. The molecule has 0 saturated heterocycles. The Bertz CT molecular complexity index is 699. The fourth-order valence-electron chi connectivity index (χ4n) is 2.57. The van der Waals surface area contributed by atoms with Crippen LogP contribution in [0.15, 0.2) is 54.6 Å². The van der Waals surface area contributed by atoms with Crippen molar-refractivity contribution in [3.05, 3.63) is 60.2 Å². The molecular weight excluding hydrogens is 314 g/mol. The van der Waals surface area contributed by atoms with E-state index >= 15 is 0 Å². The molecule has 0 unspecified atom stereocenters. The molecule has 0 bridgehead atoms. The highest BCUT2D eigenvalue weighted by Crippen LogP contribution is 2.13. The second-order valence-electron chi connectivity index (χ2n) is 6.06. The summed E-state index contributed by atoms with van der Waals surface area (Å²) in [6.07, 6.45) is 0. The molecule has 0 fully saturated rings. The van der Waals surface area contributed by atoms with Crippen molar-refractivity contribution >= 4 is 23.2 Å². The lowest BCUT2D eigenvalue weighted by molar-refractivity contribution is -0.121. The number of anilines is 2. The predicted molar refractivity (Wildman–Crippen MR) is 102 cm³/mol. The van der Waals surface area contributed by atoms with E-state index in [1.165, 1.54) is 0 Å². The molecule has 0 radical (unpaired) electrons. The number of amides is 2. The molecule has 2 rings (SSSR count). The van der Waals surface area contributed by atoms with Gasteiger partial charge in [-0.05, 0) is 45.2 Å². The molecule has 0 saturated carbocycles. The van der Waals surface area contributed by atoms with E-state index in [1.54, 1.807) is 16.8 Å². The summed E-state index contributed by atoms with van der Waals surface area (Å²) in [5, 5.41) is 2.84. The van der Waals surface area contributed by atoms with Gasteiger partial charge in [0.25, 0.3) is 0 Å². The lowest BCUT2D eigenvalue weighted by Gasteiger charge is -2.24. The summed E-state index contributed by atoms with van der Waals surface area (Å²) in [7, 11) is 1.77. The van der Waals surface area contributed by atoms with Gasteiger partial charge in [0, 0.05) is 17.9 Å². The van der Waals surface area contributed by atoms with Crippen LogP contribution in [0.3, 0.4) is 0 Å². The van der Waals surface area contributed by atoms with E-state index in [0.29, 0.717) is 6.54 Å². The van der Waals surface area contributed by atoms with Crippen molar-refractivity contribution in [3.63, 3.8) is 0 Å².